The number of benzene rings is 1. The van der Waals surface area contributed by atoms with Crippen molar-refractivity contribution in [3.63, 3.8) is 0 Å². The molecule has 1 atom stereocenters. The number of nitrogens with one attached hydrogen (secondary N) is 1. The molecule has 0 bridgehead atoms. The van der Waals surface area contributed by atoms with E-state index in [0.29, 0.717) is 18.4 Å². The van der Waals surface area contributed by atoms with Crippen LogP contribution in [-0.4, -0.2) is 23.0 Å². The maximum Gasteiger partial charge on any atom is 0.326 e. The van der Waals surface area contributed by atoms with E-state index in [1.165, 1.54) is 0 Å². The van der Waals surface area contributed by atoms with E-state index in [1.807, 2.05) is 19.9 Å². The van der Waals surface area contributed by atoms with Gasteiger partial charge in [-0.25, -0.2) is 4.79 Å². The van der Waals surface area contributed by atoms with Crippen molar-refractivity contribution in [2.45, 2.75) is 32.7 Å². The lowest BCUT2D eigenvalue weighted by Gasteiger charge is -2.13. The van der Waals surface area contributed by atoms with Gasteiger partial charge in [-0.15, -0.1) is 0 Å². The van der Waals surface area contributed by atoms with Crippen LogP contribution in [-0.2, 0) is 4.79 Å². The molecule has 0 aromatic heterocycles. The Labute approximate surface area is 120 Å². The number of carbonyl (C=O) groups is 2. The van der Waals surface area contributed by atoms with E-state index in [-0.39, 0.29) is 5.91 Å². The molecule has 0 spiro atoms. The lowest BCUT2D eigenvalue weighted by molar-refractivity contribution is -0.139. The maximum absolute atomic E-state index is 11.9. The van der Waals surface area contributed by atoms with Gasteiger partial charge >= 0.3 is 5.97 Å². The fraction of sp³-hybridized carbons (Fsp3) is 0.385. The number of rotatable bonds is 5. The van der Waals surface area contributed by atoms with Gasteiger partial charge in [-0.3, -0.25) is 4.79 Å². The summed E-state index contributed by atoms with van der Waals surface area (Å²) in [5, 5.41) is 11.5. The summed E-state index contributed by atoms with van der Waals surface area (Å²) in [6.45, 7) is 3.84. The minimum atomic E-state index is -0.994. The Morgan fingerprint density at radius 1 is 1.44 bits per heavy atom. The number of carbonyl (C=O) groups excluding carboxylic acids is 1. The summed E-state index contributed by atoms with van der Waals surface area (Å²) in [4.78, 5) is 22.9. The van der Waals surface area contributed by atoms with Gasteiger partial charge in [0.15, 0.2) is 0 Å². The van der Waals surface area contributed by atoms with Crippen molar-refractivity contribution >= 4 is 34.5 Å². The molecule has 1 aromatic carbocycles. The molecule has 0 aliphatic heterocycles. The largest absolute Gasteiger partial charge is 0.480 e. The zero-order valence-electron chi connectivity index (χ0n) is 10.4. The van der Waals surface area contributed by atoms with E-state index in [1.54, 1.807) is 12.1 Å². The summed E-state index contributed by atoms with van der Waals surface area (Å²) in [7, 11) is 0. The zero-order valence-corrected chi connectivity index (χ0v) is 12.5. The van der Waals surface area contributed by atoms with Crippen molar-refractivity contribution in [2.75, 3.05) is 0 Å². The minimum Gasteiger partial charge on any atom is -0.480 e. The molecule has 5 heteroatoms. The van der Waals surface area contributed by atoms with E-state index >= 15 is 0 Å². The quantitative estimate of drug-likeness (QED) is 0.793. The van der Waals surface area contributed by atoms with Crippen LogP contribution in [0.5, 0.6) is 0 Å². The Morgan fingerprint density at radius 3 is 2.61 bits per heavy atom. The van der Waals surface area contributed by atoms with Crippen LogP contribution in [0.15, 0.2) is 18.2 Å². The summed E-state index contributed by atoms with van der Waals surface area (Å²) in [6.07, 6.45) is 1.15. The molecular formula is C13H16INO3. The van der Waals surface area contributed by atoms with Gasteiger partial charge < -0.3 is 10.4 Å². The van der Waals surface area contributed by atoms with Crippen LogP contribution in [0.1, 0.15) is 35.7 Å². The summed E-state index contributed by atoms with van der Waals surface area (Å²) >= 11 is 2.15. The number of halogens is 1. The fourth-order valence-corrected chi connectivity index (χ4v) is 2.04. The molecule has 4 nitrogen and oxygen atoms in total. The first kappa shape index (κ1) is 14.9. The van der Waals surface area contributed by atoms with Crippen LogP contribution in [0.4, 0.5) is 0 Å². The first-order chi connectivity index (χ1) is 8.45. The maximum atomic E-state index is 11.9. The van der Waals surface area contributed by atoms with Crippen LogP contribution >= 0.6 is 22.6 Å². The van der Waals surface area contributed by atoms with Crippen molar-refractivity contribution in [1.82, 2.24) is 5.32 Å². The van der Waals surface area contributed by atoms with E-state index in [0.717, 1.165) is 9.13 Å². The van der Waals surface area contributed by atoms with Gasteiger partial charge in [-0.2, -0.15) is 0 Å². The molecule has 0 saturated carbocycles. The molecule has 0 heterocycles. The molecular weight excluding hydrogens is 345 g/mol. The molecule has 1 aromatic rings. The molecule has 0 fully saturated rings. The highest BCUT2D eigenvalue weighted by molar-refractivity contribution is 14.1. The van der Waals surface area contributed by atoms with Gasteiger partial charge in [0.05, 0.1) is 0 Å². The number of hydrogen-bond donors (Lipinski definition) is 2. The second-order valence-electron chi connectivity index (χ2n) is 4.12. The third kappa shape index (κ3) is 3.97. The number of aliphatic carboxylic acids is 1. The Kier molecular flexibility index (Phi) is 5.58. The summed E-state index contributed by atoms with van der Waals surface area (Å²) in [6, 6.07) is 4.50. The van der Waals surface area contributed by atoms with Crippen molar-refractivity contribution in [3.8, 4) is 0 Å². The Bertz CT molecular complexity index is 460. The number of aryl methyl sites for hydroxylation is 1. The normalized spacial score (nSPS) is 11.9. The van der Waals surface area contributed by atoms with E-state index < -0.39 is 12.0 Å². The first-order valence-electron chi connectivity index (χ1n) is 5.75. The predicted molar refractivity (Wildman–Crippen MR) is 77.7 cm³/mol. The molecule has 18 heavy (non-hydrogen) atoms. The molecule has 1 unspecified atom stereocenters. The second-order valence-corrected chi connectivity index (χ2v) is 5.28. The Hall–Kier alpha value is -1.11. The van der Waals surface area contributed by atoms with Gasteiger partial charge in [0.25, 0.3) is 5.91 Å². The molecule has 98 valence electrons. The molecule has 1 rings (SSSR count). The molecule has 2 N–H and O–H groups in total. The van der Waals surface area contributed by atoms with Gasteiger partial charge in [-0.1, -0.05) is 19.4 Å². The average molecular weight is 361 g/mol. The van der Waals surface area contributed by atoms with Gasteiger partial charge in [0.1, 0.15) is 6.04 Å². The third-order valence-corrected chi connectivity index (χ3v) is 3.78. The zero-order chi connectivity index (χ0) is 13.7. The highest BCUT2D eigenvalue weighted by Gasteiger charge is 2.19. The number of carboxylic acid groups (broad SMARTS) is 1. The van der Waals surface area contributed by atoms with Gasteiger partial charge in [0, 0.05) is 9.13 Å². The van der Waals surface area contributed by atoms with Crippen molar-refractivity contribution < 1.29 is 14.7 Å². The molecule has 0 aliphatic rings. The van der Waals surface area contributed by atoms with Crippen LogP contribution in [0.25, 0.3) is 0 Å². The summed E-state index contributed by atoms with van der Waals surface area (Å²) in [5.74, 6) is -1.33. The van der Waals surface area contributed by atoms with Crippen LogP contribution in [0, 0.1) is 10.5 Å². The molecule has 0 aliphatic carbocycles. The first-order valence-corrected chi connectivity index (χ1v) is 6.83. The summed E-state index contributed by atoms with van der Waals surface area (Å²) in [5.41, 5.74) is 1.59. The van der Waals surface area contributed by atoms with Crippen LogP contribution < -0.4 is 5.32 Å². The van der Waals surface area contributed by atoms with Crippen molar-refractivity contribution in [2.24, 2.45) is 0 Å². The van der Waals surface area contributed by atoms with Crippen LogP contribution in [0.3, 0.4) is 0 Å². The monoisotopic (exact) mass is 361 g/mol. The average Bonchev–Trinajstić information content (AvgIpc) is 2.31. The smallest absolute Gasteiger partial charge is 0.326 e. The Morgan fingerprint density at radius 2 is 2.11 bits per heavy atom. The van der Waals surface area contributed by atoms with E-state index in [9.17, 15) is 9.59 Å². The number of carboxylic acids is 1. The fourth-order valence-electron chi connectivity index (χ4n) is 1.52. The molecule has 1 amide bonds. The van der Waals surface area contributed by atoms with Crippen molar-refractivity contribution in [3.05, 3.63) is 32.9 Å². The minimum absolute atomic E-state index is 0.339. The van der Waals surface area contributed by atoms with Crippen molar-refractivity contribution in [1.29, 1.82) is 0 Å². The predicted octanol–water partition coefficient (Wildman–Crippen LogP) is 2.58. The lowest BCUT2D eigenvalue weighted by Crippen LogP contribution is -2.40. The third-order valence-electron chi connectivity index (χ3n) is 2.61. The topological polar surface area (TPSA) is 66.4 Å². The van der Waals surface area contributed by atoms with Gasteiger partial charge in [-0.05, 0) is 53.6 Å². The lowest BCUT2D eigenvalue weighted by atomic mass is 10.1. The Balaban J connectivity index is 2.80. The highest BCUT2D eigenvalue weighted by atomic mass is 127. The van der Waals surface area contributed by atoms with Gasteiger partial charge in [0.2, 0.25) is 0 Å². The second kappa shape index (κ2) is 6.72. The molecule has 0 saturated heterocycles. The summed E-state index contributed by atoms with van der Waals surface area (Å²) < 4.78 is 0.989. The standard InChI is InChI=1S/C13H16INO3/c1-3-4-11(13(17)18)15-12(16)9-6-5-8(2)10(14)7-9/h5-7,11H,3-4H2,1-2H3,(H,15,16)(H,17,18). The van der Waals surface area contributed by atoms with Crippen LogP contribution in [0.2, 0.25) is 0 Å². The SMILES string of the molecule is CCCC(NC(=O)c1ccc(C)c(I)c1)C(=O)O. The van der Waals surface area contributed by atoms with E-state index in [2.05, 4.69) is 27.9 Å². The van der Waals surface area contributed by atoms with E-state index in [4.69, 9.17) is 5.11 Å². The molecule has 0 radical (unpaired) electrons. The number of amides is 1. The number of hydrogen-bond acceptors (Lipinski definition) is 2. The highest BCUT2D eigenvalue weighted by Crippen LogP contribution is 2.13.